The van der Waals surface area contributed by atoms with Crippen molar-refractivity contribution < 1.29 is 19.4 Å². The van der Waals surface area contributed by atoms with Crippen molar-refractivity contribution in [3.8, 4) is 0 Å². The fourth-order valence-corrected chi connectivity index (χ4v) is 2.85. The van der Waals surface area contributed by atoms with Crippen LogP contribution in [0.25, 0.3) is 0 Å². The monoisotopic (exact) mass is 327 g/mol. The van der Waals surface area contributed by atoms with Gasteiger partial charge in [-0.3, -0.25) is 4.79 Å². The zero-order chi connectivity index (χ0) is 16.9. The molecule has 1 aliphatic rings. The van der Waals surface area contributed by atoms with E-state index in [1.165, 1.54) is 44.9 Å². The van der Waals surface area contributed by atoms with Gasteiger partial charge in [0.2, 0.25) is 5.91 Å². The number of aliphatic hydroxyl groups excluding tert-OH is 1. The van der Waals surface area contributed by atoms with Gasteiger partial charge in [0.25, 0.3) is 0 Å². The third kappa shape index (κ3) is 8.94. The summed E-state index contributed by atoms with van der Waals surface area (Å²) in [6, 6.07) is -0.579. The molecule has 0 radical (unpaired) electrons. The highest BCUT2D eigenvalue weighted by atomic mass is 16.5. The normalized spacial score (nSPS) is 18.7. The minimum Gasteiger partial charge on any atom is -0.464 e. The predicted octanol–water partition coefficient (Wildman–Crippen LogP) is 3.09. The second-order valence-electron chi connectivity index (χ2n) is 6.50. The van der Waals surface area contributed by atoms with Gasteiger partial charge in [-0.2, -0.15) is 0 Å². The lowest BCUT2D eigenvalue weighted by atomic mass is 10.0. The molecule has 1 saturated heterocycles. The number of carbonyl (C=O) groups is 2. The lowest BCUT2D eigenvalue weighted by Gasteiger charge is -2.13. The molecule has 0 bridgehead atoms. The average Bonchev–Trinajstić information content (AvgIpc) is 2.94. The number of aliphatic hydroxyl groups is 1. The summed E-state index contributed by atoms with van der Waals surface area (Å²) in [5, 5.41) is 12.4. The molecule has 0 aromatic carbocycles. The van der Waals surface area contributed by atoms with Gasteiger partial charge in [0, 0.05) is 6.42 Å². The second-order valence-corrected chi connectivity index (χ2v) is 6.50. The lowest BCUT2D eigenvalue weighted by Crippen LogP contribution is -2.43. The molecule has 1 aliphatic heterocycles. The number of cyclic esters (lactones) is 1. The van der Waals surface area contributed by atoms with E-state index in [-0.39, 0.29) is 0 Å². The van der Waals surface area contributed by atoms with Crippen molar-refractivity contribution in [3.63, 3.8) is 0 Å². The van der Waals surface area contributed by atoms with Gasteiger partial charge in [-0.1, -0.05) is 71.1 Å². The number of carbonyl (C=O) groups excluding carboxylic acids is 2. The summed E-state index contributed by atoms with van der Waals surface area (Å²) in [7, 11) is 0. The first kappa shape index (κ1) is 19.9. The number of hydrogen-bond donors (Lipinski definition) is 2. The van der Waals surface area contributed by atoms with Crippen LogP contribution in [-0.4, -0.2) is 35.7 Å². The van der Waals surface area contributed by atoms with Crippen molar-refractivity contribution in [2.75, 3.05) is 6.61 Å². The van der Waals surface area contributed by atoms with E-state index in [2.05, 4.69) is 12.2 Å². The first-order chi connectivity index (χ1) is 11.1. The van der Waals surface area contributed by atoms with E-state index >= 15 is 0 Å². The van der Waals surface area contributed by atoms with Gasteiger partial charge in [0.15, 0.2) is 0 Å². The smallest absolute Gasteiger partial charge is 0.328 e. The fourth-order valence-electron chi connectivity index (χ4n) is 2.85. The van der Waals surface area contributed by atoms with E-state index in [0.717, 1.165) is 19.3 Å². The van der Waals surface area contributed by atoms with Crippen LogP contribution in [0.1, 0.15) is 84.0 Å². The van der Waals surface area contributed by atoms with Crippen LogP contribution < -0.4 is 5.32 Å². The van der Waals surface area contributed by atoms with Crippen LogP contribution in [0.3, 0.4) is 0 Å². The molecule has 0 aromatic heterocycles. The van der Waals surface area contributed by atoms with Gasteiger partial charge in [-0.25, -0.2) is 4.79 Å². The summed E-state index contributed by atoms with van der Waals surface area (Å²) in [6.07, 6.45) is 12.2. The molecule has 2 N–H and O–H groups in total. The highest BCUT2D eigenvalue weighted by molar-refractivity contribution is 5.87. The Morgan fingerprint density at radius 3 is 2.22 bits per heavy atom. The number of amides is 1. The third-order valence-electron chi connectivity index (χ3n) is 4.39. The first-order valence-corrected chi connectivity index (χ1v) is 9.30. The maximum absolute atomic E-state index is 11.8. The van der Waals surface area contributed by atoms with E-state index in [1.807, 2.05) is 0 Å². The standard InChI is InChI=1S/C18H33NO4/c1-2-3-4-5-6-7-8-9-10-11-12-16(20)17(21)19-15-13-14-23-18(15)22/h15-16,20H,2-14H2,1H3,(H,19,21). The molecule has 0 saturated carbocycles. The zero-order valence-corrected chi connectivity index (χ0v) is 14.5. The van der Waals surface area contributed by atoms with Crippen molar-refractivity contribution in [3.05, 3.63) is 0 Å². The highest BCUT2D eigenvalue weighted by Gasteiger charge is 2.29. The number of ether oxygens (including phenoxy) is 1. The SMILES string of the molecule is CCCCCCCCCCCCC(O)C(=O)NC1CCOC1=O. The molecule has 0 aliphatic carbocycles. The summed E-state index contributed by atoms with van der Waals surface area (Å²) < 4.78 is 4.78. The summed E-state index contributed by atoms with van der Waals surface area (Å²) in [5.41, 5.74) is 0. The minimum absolute atomic E-state index is 0.346. The Hall–Kier alpha value is -1.10. The maximum Gasteiger partial charge on any atom is 0.328 e. The summed E-state index contributed by atoms with van der Waals surface area (Å²) in [5.74, 6) is -0.853. The second kappa shape index (κ2) is 12.3. The summed E-state index contributed by atoms with van der Waals surface area (Å²) >= 11 is 0. The fraction of sp³-hybridized carbons (Fsp3) is 0.889. The molecular formula is C18H33NO4. The van der Waals surface area contributed by atoms with Gasteiger partial charge < -0.3 is 15.2 Å². The molecule has 134 valence electrons. The van der Waals surface area contributed by atoms with Gasteiger partial charge in [-0.15, -0.1) is 0 Å². The Kier molecular flexibility index (Phi) is 10.7. The van der Waals surface area contributed by atoms with E-state index < -0.39 is 24.0 Å². The Labute approximate surface area is 140 Å². The van der Waals surface area contributed by atoms with Crippen molar-refractivity contribution >= 4 is 11.9 Å². The summed E-state index contributed by atoms with van der Waals surface area (Å²) in [6.45, 7) is 2.58. The van der Waals surface area contributed by atoms with E-state index in [4.69, 9.17) is 4.74 Å². The molecule has 1 rings (SSSR count). The van der Waals surface area contributed by atoms with Gasteiger partial charge in [0.05, 0.1) is 6.61 Å². The molecular weight excluding hydrogens is 294 g/mol. The van der Waals surface area contributed by atoms with Crippen molar-refractivity contribution in [1.29, 1.82) is 0 Å². The molecule has 0 aromatic rings. The van der Waals surface area contributed by atoms with Crippen LogP contribution in [0.15, 0.2) is 0 Å². The molecule has 2 atom stereocenters. The van der Waals surface area contributed by atoms with Crippen molar-refractivity contribution in [2.24, 2.45) is 0 Å². The average molecular weight is 327 g/mol. The van der Waals surface area contributed by atoms with E-state index in [9.17, 15) is 14.7 Å². The number of unbranched alkanes of at least 4 members (excludes halogenated alkanes) is 9. The van der Waals surface area contributed by atoms with Crippen molar-refractivity contribution in [2.45, 2.75) is 96.1 Å². The number of rotatable bonds is 13. The number of nitrogens with one attached hydrogen (secondary N) is 1. The topological polar surface area (TPSA) is 75.6 Å². The summed E-state index contributed by atoms with van der Waals surface area (Å²) in [4.78, 5) is 23.0. The minimum atomic E-state index is -1.02. The molecule has 5 heteroatoms. The highest BCUT2D eigenvalue weighted by Crippen LogP contribution is 2.12. The number of hydrogen-bond acceptors (Lipinski definition) is 4. The van der Waals surface area contributed by atoms with Crippen molar-refractivity contribution in [1.82, 2.24) is 5.32 Å². The molecule has 0 spiro atoms. The molecule has 1 amide bonds. The van der Waals surface area contributed by atoms with Gasteiger partial charge in [0.1, 0.15) is 12.1 Å². The Morgan fingerprint density at radius 2 is 1.70 bits per heavy atom. The Balaban J connectivity index is 1.94. The number of esters is 1. The lowest BCUT2D eigenvalue weighted by molar-refractivity contribution is -0.142. The van der Waals surface area contributed by atoms with Gasteiger partial charge >= 0.3 is 5.97 Å². The largest absolute Gasteiger partial charge is 0.464 e. The Bertz CT molecular complexity index is 346. The van der Waals surface area contributed by atoms with Crippen LogP contribution in [0.5, 0.6) is 0 Å². The van der Waals surface area contributed by atoms with Gasteiger partial charge in [-0.05, 0) is 6.42 Å². The predicted molar refractivity (Wildman–Crippen MR) is 90.0 cm³/mol. The van der Waals surface area contributed by atoms with Crippen LogP contribution in [0, 0.1) is 0 Å². The van der Waals surface area contributed by atoms with Crippen LogP contribution in [0.2, 0.25) is 0 Å². The Morgan fingerprint density at radius 1 is 1.13 bits per heavy atom. The van der Waals surface area contributed by atoms with Crippen LogP contribution in [-0.2, 0) is 14.3 Å². The van der Waals surface area contributed by atoms with E-state index in [1.54, 1.807) is 0 Å². The molecule has 1 fully saturated rings. The van der Waals surface area contributed by atoms with E-state index in [0.29, 0.717) is 19.4 Å². The molecule has 2 unspecified atom stereocenters. The third-order valence-corrected chi connectivity index (χ3v) is 4.39. The quantitative estimate of drug-likeness (QED) is 0.403. The van der Waals surface area contributed by atoms with Crippen LogP contribution >= 0.6 is 0 Å². The van der Waals surface area contributed by atoms with Crippen LogP contribution in [0.4, 0.5) is 0 Å². The maximum atomic E-state index is 11.8. The molecule has 23 heavy (non-hydrogen) atoms. The first-order valence-electron chi connectivity index (χ1n) is 9.30. The molecule has 5 nitrogen and oxygen atoms in total. The molecule has 1 heterocycles. The zero-order valence-electron chi connectivity index (χ0n) is 14.5.